The predicted octanol–water partition coefficient (Wildman–Crippen LogP) is 4.74. The Morgan fingerprint density at radius 1 is 1.24 bits per heavy atom. The van der Waals surface area contributed by atoms with E-state index in [1.807, 2.05) is 38.1 Å². The first kappa shape index (κ1) is 17.2. The number of pyridine rings is 1. The predicted molar refractivity (Wildman–Crippen MR) is 99.1 cm³/mol. The third-order valence-corrected chi connectivity index (χ3v) is 3.96. The fourth-order valence-electron chi connectivity index (χ4n) is 2.11. The van der Waals surface area contributed by atoms with Gasteiger partial charge in [0.1, 0.15) is 5.75 Å². The van der Waals surface area contributed by atoms with Gasteiger partial charge in [-0.1, -0.05) is 35.8 Å². The van der Waals surface area contributed by atoms with Crippen LogP contribution in [-0.4, -0.2) is 21.1 Å². The maximum Gasteiger partial charge on any atom is 0.276 e. The molecule has 0 saturated carbocycles. The van der Waals surface area contributed by atoms with Gasteiger partial charge in [0.2, 0.25) is 5.88 Å². The number of aromatic amines is 1. The van der Waals surface area contributed by atoms with Crippen molar-refractivity contribution in [1.29, 1.82) is 0 Å². The monoisotopic (exact) mass is 400 g/mol. The molecule has 2 heterocycles. The average Bonchev–Trinajstić information content (AvgIpc) is 3.07. The molecule has 7 heteroatoms. The Hall–Kier alpha value is -2.67. The highest BCUT2D eigenvalue weighted by Gasteiger charge is 2.12. The number of hydrogen-bond acceptors (Lipinski definition) is 4. The third kappa shape index (κ3) is 4.45. The van der Waals surface area contributed by atoms with Gasteiger partial charge in [-0.05, 0) is 36.2 Å². The number of amides is 1. The van der Waals surface area contributed by atoms with E-state index in [1.54, 1.807) is 24.4 Å². The van der Waals surface area contributed by atoms with Gasteiger partial charge < -0.3 is 10.1 Å². The van der Waals surface area contributed by atoms with E-state index < -0.39 is 0 Å². The second-order valence-electron chi connectivity index (χ2n) is 5.76. The Bertz CT molecular complexity index is 875. The number of ether oxygens (including phenoxy) is 1. The summed E-state index contributed by atoms with van der Waals surface area (Å²) >= 11 is 3.39. The van der Waals surface area contributed by atoms with Crippen LogP contribution in [0, 0.1) is 0 Å². The fourth-order valence-corrected chi connectivity index (χ4v) is 2.49. The Morgan fingerprint density at radius 3 is 2.72 bits per heavy atom. The number of nitrogens with zero attached hydrogens (tertiary/aromatic N) is 2. The molecule has 0 fully saturated rings. The summed E-state index contributed by atoms with van der Waals surface area (Å²) < 4.78 is 6.59. The molecule has 0 aliphatic carbocycles. The molecule has 1 aromatic carbocycles. The quantitative estimate of drug-likeness (QED) is 0.648. The van der Waals surface area contributed by atoms with E-state index in [9.17, 15) is 4.79 Å². The first-order chi connectivity index (χ1) is 12.0. The normalized spacial score (nSPS) is 10.7. The number of H-pyrrole nitrogens is 1. The van der Waals surface area contributed by atoms with Gasteiger partial charge >= 0.3 is 0 Å². The zero-order valence-corrected chi connectivity index (χ0v) is 15.4. The van der Waals surface area contributed by atoms with E-state index in [2.05, 4.69) is 36.4 Å². The lowest BCUT2D eigenvalue weighted by Gasteiger charge is -2.06. The molecule has 0 atom stereocenters. The van der Waals surface area contributed by atoms with E-state index in [0.29, 0.717) is 23.0 Å². The van der Waals surface area contributed by atoms with E-state index in [-0.39, 0.29) is 11.8 Å². The highest BCUT2D eigenvalue weighted by molar-refractivity contribution is 9.10. The molecule has 0 aliphatic rings. The van der Waals surface area contributed by atoms with Crippen molar-refractivity contribution in [2.75, 3.05) is 5.32 Å². The summed E-state index contributed by atoms with van der Waals surface area (Å²) in [5.74, 6) is 1.12. The molecule has 3 aromatic rings. The van der Waals surface area contributed by atoms with Gasteiger partial charge in [0.05, 0.1) is 11.9 Å². The van der Waals surface area contributed by atoms with Crippen molar-refractivity contribution in [3.8, 4) is 11.6 Å². The van der Waals surface area contributed by atoms with E-state index >= 15 is 0 Å². The number of rotatable bonds is 5. The molecular formula is C18H17BrN4O2. The Balaban J connectivity index is 1.64. The summed E-state index contributed by atoms with van der Waals surface area (Å²) in [6.07, 6.45) is 1.54. The van der Waals surface area contributed by atoms with Crippen molar-refractivity contribution in [1.82, 2.24) is 15.2 Å². The van der Waals surface area contributed by atoms with Crippen LogP contribution in [0.1, 0.15) is 35.9 Å². The number of halogens is 1. The minimum absolute atomic E-state index is 0.283. The lowest BCUT2D eigenvalue weighted by atomic mass is 10.1. The average molecular weight is 401 g/mol. The van der Waals surface area contributed by atoms with Gasteiger partial charge in [0.15, 0.2) is 5.69 Å². The third-order valence-electron chi connectivity index (χ3n) is 3.47. The zero-order chi connectivity index (χ0) is 17.8. The maximum atomic E-state index is 12.2. The molecule has 2 N–H and O–H groups in total. The van der Waals surface area contributed by atoms with Crippen molar-refractivity contribution >= 4 is 27.5 Å². The highest BCUT2D eigenvalue weighted by Crippen LogP contribution is 2.23. The Labute approximate surface area is 153 Å². The topological polar surface area (TPSA) is 79.9 Å². The zero-order valence-electron chi connectivity index (χ0n) is 13.8. The van der Waals surface area contributed by atoms with E-state index in [1.165, 1.54) is 0 Å². The van der Waals surface area contributed by atoms with Crippen LogP contribution in [0.4, 0.5) is 5.69 Å². The van der Waals surface area contributed by atoms with Crippen LogP contribution >= 0.6 is 15.9 Å². The molecule has 25 heavy (non-hydrogen) atoms. The number of anilines is 1. The van der Waals surface area contributed by atoms with Gasteiger partial charge in [-0.25, -0.2) is 4.98 Å². The lowest BCUT2D eigenvalue weighted by Crippen LogP contribution is -2.12. The number of carbonyl (C=O) groups excluding carboxylic acids is 1. The molecule has 0 unspecified atom stereocenters. The van der Waals surface area contributed by atoms with Crippen LogP contribution < -0.4 is 10.1 Å². The summed E-state index contributed by atoms with van der Waals surface area (Å²) in [5.41, 5.74) is 1.83. The Kier molecular flexibility index (Phi) is 5.14. The van der Waals surface area contributed by atoms with E-state index in [0.717, 1.165) is 10.2 Å². The van der Waals surface area contributed by atoms with E-state index in [4.69, 9.17) is 4.74 Å². The van der Waals surface area contributed by atoms with Crippen LogP contribution in [0.3, 0.4) is 0 Å². The van der Waals surface area contributed by atoms with Gasteiger partial charge in [0, 0.05) is 16.2 Å². The van der Waals surface area contributed by atoms with Crippen LogP contribution in [-0.2, 0) is 0 Å². The molecule has 0 aliphatic heterocycles. The minimum atomic E-state index is -0.286. The number of aromatic nitrogens is 3. The SMILES string of the molecule is CC(C)c1cc(C(=O)Nc2ccc(Oc3cccc(Br)c3)nc2)n[nH]1. The lowest BCUT2D eigenvalue weighted by molar-refractivity contribution is 0.102. The van der Waals surface area contributed by atoms with Gasteiger partial charge in [-0.2, -0.15) is 5.10 Å². The van der Waals surface area contributed by atoms with Crippen molar-refractivity contribution < 1.29 is 9.53 Å². The Morgan fingerprint density at radius 2 is 2.08 bits per heavy atom. The highest BCUT2D eigenvalue weighted by atomic mass is 79.9. The molecular weight excluding hydrogens is 384 g/mol. The maximum absolute atomic E-state index is 12.2. The van der Waals surface area contributed by atoms with Crippen molar-refractivity contribution in [3.05, 3.63) is 64.5 Å². The number of carbonyl (C=O) groups is 1. The molecule has 0 radical (unpaired) electrons. The largest absolute Gasteiger partial charge is 0.439 e. The molecule has 1 amide bonds. The second-order valence-corrected chi connectivity index (χ2v) is 6.68. The minimum Gasteiger partial charge on any atom is -0.439 e. The van der Waals surface area contributed by atoms with Crippen LogP contribution in [0.2, 0.25) is 0 Å². The fraction of sp³-hybridized carbons (Fsp3) is 0.167. The standard InChI is InChI=1S/C18H17BrN4O2/c1-11(2)15-9-16(23-22-15)18(24)21-13-6-7-17(20-10-13)25-14-5-3-4-12(19)8-14/h3-11H,1-2H3,(H,21,24)(H,22,23). The summed E-state index contributed by atoms with van der Waals surface area (Å²) in [4.78, 5) is 16.4. The molecule has 128 valence electrons. The summed E-state index contributed by atoms with van der Waals surface area (Å²) in [6.45, 7) is 4.06. The van der Waals surface area contributed by atoms with Gasteiger partial charge in [-0.15, -0.1) is 0 Å². The summed E-state index contributed by atoms with van der Waals surface area (Å²) in [6, 6.07) is 12.7. The summed E-state index contributed by atoms with van der Waals surface area (Å²) in [7, 11) is 0. The molecule has 6 nitrogen and oxygen atoms in total. The number of benzene rings is 1. The van der Waals surface area contributed by atoms with Crippen molar-refractivity contribution in [2.24, 2.45) is 0 Å². The molecule has 0 saturated heterocycles. The van der Waals surface area contributed by atoms with Crippen LogP contribution in [0.15, 0.2) is 53.1 Å². The summed E-state index contributed by atoms with van der Waals surface area (Å²) in [5, 5.41) is 9.65. The first-order valence-electron chi connectivity index (χ1n) is 7.77. The second kappa shape index (κ2) is 7.48. The van der Waals surface area contributed by atoms with Crippen LogP contribution in [0.25, 0.3) is 0 Å². The molecule has 0 spiro atoms. The van der Waals surface area contributed by atoms with Crippen molar-refractivity contribution in [2.45, 2.75) is 19.8 Å². The smallest absolute Gasteiger partial charge is 0.276 e. The first-order valence-corrected chi connectivity index (χ1v) is 8.56. The van der Waals surface area contributed by atoms with Crippen molar-refractivity contribution in [3.63, 3.8) is 0 Å². The number of nitrogens with one attached hydrogen (secondary N) is 2. The molecule has 2 aromatic heterocycles. The number of hydrogen-bond donors (Lipinski definition) is 2. The molecule has 3 rings (SSSR count). The van der Waals surface area contributed by atoms with Gasteiger partial charge in [-0.3, -0.25) is 9.89 Å². The van der Waals surface area contributed by atoms with Gasteiger partial charge in [0.25, 0.3) is 5.91 Å². The van der Waals surface area contributed by atoms with Crippen LogP contribution in [0.5, 0.6) is 11.6 Å². The molecule has 0 bridgehead atoms.